The van der Waals surface area contributed by atoms with Crippen LogP contribution in [-0.2, 0) is 9.53 Å². The van der Waals surface area contributed by atoms with Crippen molar-refractivity contribution in [1.29, 1.82) is 0 Å². The lowest BCUT2D eigenvalue weighted by molar-refractivity contribution is -0.123. The van der Waals surface area contributed by atoms with Gasteiger partial charge >= 0.3 is 0 Å². The van der Waals surface area contributed by atoms with Crippen molar-refractivity contribution in [3.8, 4) is 5.75 Å². The Morgan fingerprint density at radius 2 is 1.62 bits per heavy atom. The highest BCUT2D eigenvalue weighted by Gasteiger charge is 2.09. The van der Waals surface area contributed by atoms with E-state index in [1.165, 1.54) is 0 Å². The fraction of sp³-hybridized carbons (Fsp3) is 0.300. The lowest BCUT2D eigenvalue weighted by Gasteiger charge is -2.08. The Morgan fingerprint density at radius 3 is 2.23 bits per heavy atom. The summed E-state index contributed by atoms with van der Waals surface area (Å²) in [7, 11) is 0. The molecule has 0 fully saturated rings. The molecule has 2 aromatic carbocycles. The molecule has 0 aliphatic heterocycles. The number of carbonyl (C=O) groups is 2. The van der Waals surface area contributed by atoms with Crippen LogP contribution < -0.4 is 10.1 Å². The van der Waals surface area contributed by atoms with Crippen LogP contribution in [0.2, 0.25) is 5.02 Å². The van der Waals surface area contributed by atoms with Gasteiger partial charge in [-0.15, -0.1) is 0 Å². The SMILES string of the molecule is CCOCCCNC(=O)COc1ccc(C(=O)c2ccc(Cl)cc2)cc1. The number of nitrogens with one attached hydrogen (secondary N) is 1. The summed E-state index contributed by atoms with van der Waals surface area (Å²) in [4.78, 5) is 24.1. The summed E-state index contributed by atoms with van der Waals surface area (Å²) in [5, 5.41) is 3.34. The van der Waals surface area contributed by atoms with E-state index in [2.05, 4.69) is 5.32 Å². The first-order valence-electron chi connectivity index (χ1n) is 8.47. The van der Waals surface area contributed by atoms with Crippen LogP contribution in [0.5, 0.6) is 5.75 Å². The van der Waals surface area contributed by atoms with E-state index in [9.17, 15) is 9.59 Å². The van der Waals surface area contributed by atoms with E-state index in [-0.39, 0.29) is 18.3 Å². The topological polar surface area (TPSA) is 64.6 Å². The van der Waals surface area contributed by atoms with E-state index in [1.54, 1.807) is 48.5 Å². The van der Waals surface area contributed by atoms with Gasteiger partial charge in [-0.2, -0.15) is 0 Å². The van der Waals surface area contributed by atoms with Crippen LogP contribution in [0, 0.1) is 0 Å². The minimum Gasteiger partial charge on any atom is -0.484 e. The van der Waals surface area contributed by atoms with Crippen molar-refractivity contribution in [3.63, 3.8) is 0 Å². The van der Waals surface area contributed by atoms with Gasteiger partial charge in [-0.1, -0.05) is 11.6 Å². The molecule has 0 saturated heterocycles. The Morgan fingerprint density at radius 1 is 1.00 bits per heavy atom. The smallest absolute Gasteiger partial charge is 0.257 e. The van der Waals surface area contributed by atoms with Gasteiger partial charge in [0.25, 0.3) is 5.91 Å². The minimum atomic E-state index is -0.192. The summed E-state index contributed by atoms with van der Waals surface area (Å²) < 4.78 is 10.6. The van der Waals surface area contributed by atoms with E-state index in [4.69, 9.17) is 21.1 Å². The molecule has 138 valence electrons. The Bertz CT molecular complexity index is 714. The molecule has 0 aliphatic rings. The van der Waals surface area contributed by atoms with Gasteiger partial charge in [0.15, 0.2) is 12.4 Å². The van der Waals surface area contributed by atoms with Crippen LogP contribution in [-0.4, -0.2) is 38.1 Å². The van der Waals surface area contributed by atoms with Crippen LogP contribution in [0.3, 0.4) is 0 Å². The van der Waals surface area contributed by atoms with Crippen LogP contribution in [0.1, 0.15) is 29.3 Å². The molecule has 0 atom stereocenters. The molecule has 0 saturated carbocycles. The average molecular weight is 376 g/mol. The van der Waals surface area contributed by atoms with Crippen LogP contribution in [0.15, 0.2) is 48.5 Å². The van der Waals surface area contributed by atoms with Gasteiger partial charge in [0.2, 0.25) is 0 Å². The van der Waals surface area contributed by atoms with Gasteiger partial charge in [-0.25, -0.2) is 0 Å². The number of hydrogen-bond acceptors (Lipinski definition) is 4. The normalized spacial score (nSPS) is 10.4. The predicted molar refractivity (Wildman–Crippen MR) is 101 cm³/mol. The third-order valence-corrected chi connectivity index (χ3v) is 3.84. The van der Waals surface area contributed by atoms with Gasteiger partial charge in [0.05, 0.1) is 0 Å². The molecule has 1 amide bonds. The molecule has 0 bridgehead atoms. The van der Waals surface area contributed by atoms with Gasteiger partial charge in [-0.05, 0) is 61.9 Å². The number of rotatable bonds is 10. The summed E-state index contributed by atoms with van der Waals surface area (Å²) in [5.74, 6) is 0.241. The number of amides is 1. The lowest BCUT2D eigenvalue weighted by Crippen LogP contribution is -2.30. The highest BCUT2D eigenvalue weighted by Crippen LogP contribution is 2.17. The van der Waals surface area contributed by atoms with Crippen molar-refractivity contribution < 1.29 is 19.1 Å². The highest BCUT2D eigenvalue weighted by atomic mass is 35.5. The van der Waals surface area contributed by atoms with E-state index in [0.29, 0.717) is 41.7 Å². The van der Waals surface area contributed by atoms with E-state index >= 15 is 0 Å². The number of benzene rings is 2. The van der Waals surface area contributed by atoms with Crippen molar-refractivity contribution in [2.24, 2.45) is 0 Å². The van der Waals surface area contributed by atoms with Crippen LogP contribution in [0.4, 0.5) is 0 Å². The second-order valence-corrected chi connectivity index (χ2v) is 5.99. The first-order chi connectivity index (χ1) is 12.6. The third-order valence-electron chi connectivity index (χ3n) is 3.58. The predicted octanol–water partition coefficient (Wildman–Crippen LogP) is 3.49. The Hall–Kier alpha value is -2.37. The fourth-order valence-electron chi connectivity index (χ4n) is 2.22. The minimum absolute atomic E-state index is 0.0703. The molecule has 1 N–H and O–H groups in total. The number of hydrogen-bond donors (Lipinski definition) is 1. The average Bonchev–Trinajstić information content (AvgIpc) is 2.66. The molecule has 6 heteroatoms. The second-order valence-electron chi connectivity index (χ2n) is 5.55. The maximum absolute atomic E-state index is 12.4. The van der Waals surface area contributed by atoms with Gasteiger partial charge in [-0.3, -0.25) is 9.59 Å². The zero-order chi connectivity index (χ0) is 18.8. The van der Waals surface area contributed by atoms with Gasteiger partial charge < -0.3 is 14.8 Å². The van der Waals surface area contributed by atoms with Crippen LogP contribution in [0.25, 0.3) is 0 Å². The summed E-state index contributed by atoms with van der Waals surface area (Å²) in [6, 6.07) is 13.4. The molecular weight excluding hydrogens is 354 g/mol. The summed E-state index contributed by atoms with van der Waals surface area (Å²) >= 11 is 5.83. The molecule has 5 nitrogen and oxygen atoms in total. The second kappa shape index (κ2) is 10.6. The zero-order valence-corrected chi connectivity index (χ0v) is 15.4. The molecule has 2 rings (SSSR count). The van der Waals surface area contributed by atoms with Crippen molar-refractivity contribution in [1.82, 2.24) is 5.32 Å². The maximum Gasteiger partial charge on any atom is 0.257 e. The molecule has 0 aliphatic carbocycles. The molecule has 2 aromatic rings. The van der Waals surface area contributed by atoms with Crippen molar-refractivity contribution in [2.75, 3.05) is 26.4 Å². The summed E-state index contributed by atoms with van der Waals surface area (Å²) in [6.07, 6.45) is 0.765. The van der Waals surface area contributed by atoms with Crippen molar-refractivity contribution in [3.05, 3.63) is 64.7 Å². The molecule has 0 aromatic heterocycles. The van der Waals surface area contributed by atoms with E-state index < -0.39 is 0 Å². The zero-order valence-electron chi connectivity index (χ0n) is 14.7. The number of halogens is 1. The first kappa shape index (κ1) is 19.9. The van der Waals surface area contributed by atoms with E-state index in [1.807, 2.05) is 6.92 Å². The number of carbonyl (C=O) groups excluding carboxylic acids is 2. The first-order valence-corrected chi connectivity index (χ1v) is 8.85. The highest BCUT2D eigenvalue weighted by molar-refractivity contribution is 6.30. The molecule has 0 spiro atoms. The molecule has 0 radical (unpaired) electrons. The summed E-state index contributed by atoms with van der Waals surface area (Å²) in [6.45, 7) is 3.71. The van der Waals surface area contributed by atoms with Gasteiger partial charge in [0.1, 0.15) is 5.75 Å². The van der Waals surface area contributed by atoms with Crippen molar-refractivity contribution >= 4 is 23.3 Å². The van der Waals surface area contributed by atoms with E-state index in [0.717, 1.165) is 6.42 Å². The third kappa shape index (κ3) is 6.50. The molecule has 0 heterocycles. The van der Waals surface area contributed by atoms with Crippen molar-refractivity contribution in [2.45, 2.75) is 13.3 Å². The molecule has 26 heavy (non-hydrogen) atoms. The summed E-state index contributed by atoms with van der Waals surface area (Å²) in [5.41, 5.74) is 1.11. The lowest BCUT2D eigenvalue weighted by atomic mass is 10.0. The quantitative estimate of drug-likeness (QED) is 0.510. The van der Waals surface area contributed by atoms with Gasteiger partial charge in [0, 0.05) is 35.9 Å². The fourth-order valence-corrected chi connectivity index (χ4v) is 2.34. The number of ketones is 1. The maximum atomic E-state index is 12.4. The van der Waals surface area contributed by atoms with Crippen LogP contribution >= 0.6 is 11.6 Å². The molecular formula is C20H22ClNO4. The largest absolute Gasteiger partial charge is 0.484 e. The Labute approximate surface area is 158 Å². The monoisotopic (exact) mass is 375 g/mol. The number of ether oxygens (including phenoxy) is 2. The molecule has 0 unspecified atom stereocenters. The Kier molecular flexibility index (Phi) is 8.12. The Balaban J connectivity index is 1.79. The standard InChI is InChI=1S/C20H22ClNO4/c1-2-25-13-3-12-22-19(23)14-26-18-10-6-16(7-11-18)20(24)15-4-8-17(21)9-5-15/h4-11H,2-3,12-14H2,1H3,(H,22,23).